The van der Waals surface area contributed by atoms with Crippen LogP contribution < -0.4 is 10.5 Å². The minimum atomic E-state index is -3.18. The normalized spacial score (nSPS) is 11.9. The SMILES string of the molecule is NCCCCS(=O)(=O)NCc1ccc(Cl)s1. The van der Waals surface area contributed by atoms with Crippen molar-refractivity contribution in [1.82, 2.24) is 4.72 Å². The van der Waals surface area contributed by atoms with Gasteiger partial charge in [0.15, 0.2) is 0 Å². The van der Waals surface area contributed by atoms with Crippen molar-refractivity contribution in [3.8, 4) is 0 Å². The number of nitrogens with one attached hydrogen (secondary N) is 1. The molecule has 3 N–H and O–H groups in total. The van der Waals surface area contributed by atoms with Gasteiger partial charge in [0.05, 0.1) is 10.1 Å². The zero-order valence-electron chi connectivity index (χ0n) is 8.78. The van der Waals surface area contributed by atoms with Crippen LogP contribution in [-0.4, -0.2) is 20.7 Å². The van der Waals surface area contributed by atoms with E-state index in [1.807, 2.05) is 6.07 Å². The van der Waals surface area contributed by atoms with Gasteiger partial charge in [0, 0.05) is 11.4 Å². The summed E-state index contributed by atoms with van der Waals surface area (Å²) in [5.74, 6) is 0.128. The number of rotatable bonds is 7. The van der Waals surface area contributed by atoms with Crippen molar-refractivity contribution in [2.24, 2.45) is 5.73 Å². The van der Waals surface area contributed by atoms with Gasteiger partial charge >= 0.3 is 0 Å². The lowest BCUT2D eigenvalue weighted by molar-refractivity contribution is 0.577. The monoisotopic (exact) mass is 282 g/mol. The third kappa shape index (κ3) is 5.27. The molecule has 0 radical (unpaired) electrons. The van der Waals surface area contributed by atoms with Crippen molar-refractivity contribution < 1.29 is 8.42 Å². The predicted octanol–water partition coefficient (Wildman–Crippen LogP) is 1.56. The Balaban J connectivity index is 2.36. The molecule has 0 aliphatic heterocycles. The Morgan fingerprint density at radius 1 is 1.38 bits per heavy atom. The summed E-state index contributed by atoms with van der Waals surface area (Å²) in [6.45, 7) is 0.832. The first-order valence-corrected chi connectivity index (χ1v) is 7.80. The van der Waals surface area contributed by atoms with Crippen molar-refractivity contribution in [3.05, 3.63) is 21.3 Å². The highest BCUT2D eigenvalue weighted by molar-refractivity contribution is 7.89. The Bertz CT molecular complexity index is 417. The van der Waals surface area contributed by atoms with Crippen LogP contribution in [0.15, 0.2) is 12.1 Å². The highest BCUT2D eigenvalue weighted by atomic mass is 35.5. The average Bonchev–Trinajstić information content (AvgIpc) is 2.62. The Labute approximate surface area is 105 Å². The molecule has 4 nitrogen and oxygen atoms in total. The first kappa shape index (κ1) is 13.9. The van der Waals surface area contributed by atoms with Crippen LogP contribution in [0.1, 0.15) is 17.7 Å². The molecule has 1 rings (SSSR count). The van der Waals surface area contributed by atoms with Gasteiger partial charge in [-0.1, -0.05) is 11.6 Å². The summed E-state index contributed by atoms with van der Waals surface area (Å²) < 4.78 is 26.2. The van der Waals surface area contributed by atoms with Crippen LogP contribution in [0.3, 0.4) is 0 Å². The molecule has 16 heavy (non-hydrogen) atoms. The van der Waals surface area contributed by atoms with Crippen molar-refractivity contribution in [2.75, 3.05) is 12.3 Å². The quantitative estimate of drug-likeness (QED) is 0.746. The second kappa shape index (κ2) is 6.56. The van der Waals surface area contributed by atoms with Crippen LogP contribution >= 0.6 is 22.9 Å². The maximum Gasteiger partial charge on any atom is 0.211 e. The minimum Gasteiger partial charge on any atom is -0.330 e. The van der Waals surface area contributed by atoms with Gasteiger partial charge in [-0.25, -0.2) is 13.1 Å². The summed E-state index contributed by atoms with van der Waals surface area (Å²) in [7, 11) is -3.18. The van der Waals surface area contributed by atoms with Gasteiger partial charge in [0.2, 0.25) is 10.0 Å². The van der Waals surface area contributed by atoms with E-state index in [-0.39, 0.29) is 5.75 Å². The standard InChI is InChI=1S/C9H15ClN2O2S2/c10-9-4-3-8(15-9)7-12-16(13,14)6-2-1-5-11/h3-4,12H,1-2,5-7,11H2. The van der Waals surface area contributed by atoms with E-state index in [0.717, 1.165) is 11.3 Å². The summed E-state index contributed by atoms with van der Waals surface area (Å²) in [6.07, 6.45) is 1.32. The number of sulfonamides is 1. The van der Waals surface area contributed by atoms with E-state index in [9.17, 15) is 8.42 Å². The number of thiophene rings is 1. The van der Waals surface area contributed by atoms with Gasteiger partial charge in [0.1, 0.15) is 0 Å². The molecule has 0 bridgehead atoms. The van der Waals surface area contributed by atoms with Gasteiger partial charge in [-0.3, -0.25) is 0 Å². The molecule has 7 heteroatoms. The topological polar surface area (TPSA) is 72.2 Å². The maximum absolute atomic E-state index is 11.5. The first-order valence-electron chi connectivity index (χ1n) is 4.95. The summed E-state index contributed by atoms with van der Waals surface area (Å²) >= 11 is 7.12. The maximum atomic E-state index is 11.5. The van der Waals surface area contributed by atoms with Crippen LogP contribution in [0.2, 0.25) is 4.34 Å². The molecular weight excluding hydrogens is 268 g/mol. The van der Waals surface area contributed by atoms with E-state index in [4.69, 9.17) is 17.3 Å². The summed E-state index contributed by atoms with van der Waals surface area (Å²) in [4.78, 5) is 0.910. The predicted molar refractivity (Wildman–Crippen MR) is 68.2 cm³/mol. The summed E-state index contributed by atoms with van der Waals surface area (Å²) in [6, 6.07) is 3.57. The van der Waals surface area contributed by atoms with Crippen molar-refractivity contribution in [2.45, 2.75) is 19.4 Å². The molecule has 0 amide bonds. The van der Waals surface area contributed by atoms with Gasteiger partial charge in [0.25, 0.3) is 0 Å². The molecule has 0 atom stereocenters. The Hall–Kier alpha value is -0.140. The van der Waals surface area contributed by atoms with Gasteiger partial charge in [-0.15, -0.1) is 11.3 Å². The molecule has 0 aliphatic rings. The number of hydrogen-bond donors (Lipinski definition) is 2. The van der Waals surface area contributed by atoms with E-state index < -0.39 is 10.0 Å². The lowest BCUT2D eigenvalue weighted by Gasteiger charge is -2.04. The third-order valence-electron chi connectivity index (χ3n) is 1.96. The number of halogens is 1. The fourth-order valence-electron chi connectivity index (χ4n) is 1.14. The molecule has 0 aliphatic carbocycles. The third-order valence-corrected chi connectivity index (χ3v) is 4.60. The fourth-order valence-corrected chi connectivity index (χ4v) is 3.36. The molecule has 92 valence electrons. The zero-order chi connectivity index (χ0) is 12.0. The number of hydrogen-bond acceptors (Lipinski definition) is 4. The first-order chi connectivity index (χ1) is 7.53. The zero-order valence-corrected chi connectivity index (χ0v) is 11.2. The molecule has 0 unspecified atom stereocenters. The molecule has 1 aromatic rings. The Morgan fingerprint density at radius 2 is 2.12 bits per heavy atom. The van der Waals surface area contributed by atoms with E-state index >= 15 is 0 Å². The Morgan fingerprint density at radius 3 is 2.69 bits per heavy atom. The second-order valence-electron chi connectivity index (χ2n) is 3.34. The van der Waals surface area contributed by atoms with Crippen molar-refractivity contribution >= 4 is 33.0 Å². The van der Waals surface area contributed by atoms with Gasteiger partial charge in [-0.05, 0) is 31.5 Å². The highest BCUT2D eigenvalue weighted by Crippen LogP contribution is 2.21. The van der Waals surface area contributed by atoms with Gasteiger partial charge < -0.3 is 5.73 Å². The number of unbranched alkanes of at least 4 members (excludes halogenated alkanes) is 1. The largest absolute Gasteiger partial charge is 0.330 e. The van der Waals surface area contributed by atoms with E-state index in [0.29, 0.717) is 23.8 Å². The van der Waals surface area contributed by atoms with E-state index in [1.54, 1.807) is 6.07 Å². The molecule has 1 heterocycles. The number of nitrogens with two attached hydrogens (primary N) is 1. The van der Waals surface area contributed by atoms with Crippen molar-refractivity contribution in [1.29, 1.82) is 0 Å². The molecule has 0 saturated heterocycles. The average molecular weight is 283 g/mol. The van der Waals surface area contributed by atoms with E-state index in [2.05, 4.69) is 4.72 Å². The summed E-state index contributed by atoms with van der Waals surface area (Å²) in [5, 5.41) is 0. The lowest BCUT2D eigenvalue weighted by Crippen LogP contribution is -2.25. The molecule has 0 spiro atoms. The van der Waals surface area contributed by atoms with Gasteiger partial charge in [-0.2, -0.15) is 0 Å². The van der Waals surface area contributed by atoms with Crippen LogP contribution in [-0.2, 0) is 16.6 Å². The molecule has 0 fully saturated rings. The fraction of sp³-hybridized carbons (Fsp3) is 0.556. The molecule has 0 saturated carbocycles. The summed E-state index contributed by atoms with van der Waals surface area (Å²) in [5.41, 5.74) is 5.30. The van der Waals surface area contributed by atoms with Crippen LogP contribution in [0.5, 0.6) is 0 Å². The minimum absolute atomic E-state index is 0.128. The highest BCUT2D eigenvalue weighted by Gasteiger charge is 2.09. The Kier molecular flexibility index (Phi) is 5.71. The van der Waals surface area contributed by atoms with Crippen molar-refractivity contribution in [3.63, 3.8) is 0 Å². The van der Waals surface area contributed by atoms with Crippen LogP contribution in [0.4, 0.5) is 0 Å². The second-order valence-corrected chi connectivity index (χ2v) is 7.07. The molecular formula is C9H15ClN2O2S2. The molecule has 0 aromatic carbocycles. The van der Waals surface area contributed by atoms with E-state index in [1.165, 1.54) is 11.3 Å². The van der Waals surface area contributed by atoms with Crippen LogP contribution in [0, 0.1) is 0 Å². The van der Waals surface area contributed by atoms with Crippen LogP contribution in [0.25, 0.3) is 0 Å². The lowest BCUT2D eigenvalue weighted by atomic mass is 10.3. The smallest absolute Gasteiger partial charge is 0.211 e. The molecule has 1 aromatic heterocycles.